The van der Waals surface area contributed by atoms with Crippen molar-refractivity contribution in [3.05, 3.63) is 0 Å². The Bertz CT molecular complexity index is 161. The summed E-state index contributed by atoms with van der Waals surface area (Å²) in [5, 5.41) is 0. The van der Waals surface area contributed by atoms with Crippen LogP contribution >= 0.6 is 0 Å². The molecule has 0 aromatic carbocycles. The maximum absolute atomic E-state index is 11.3. The van der Waals surface area contributed by atoms with E-state index in [9.17, 15) is 4.79 Å². The van der Waals surface area contributed by atoms with Gasteiger partial charge in [0.05, 0.1) is 12.5 Å². The standard InChI is InChI=1S/C11H22O2/c1-6-9(2)7-8-11(3,4)10(12)13-5/h9H,6-8H2,1-5H3. The first-order valence-electron chi connectivity index (χ1n) is 5.02. The second kappa shape index (κ2) is 5.25. The maximum atomic E-state index is 11.3. The minimum absolute atomic E-state index is 0.101. The van der Waals surface area contributed by atoms with E-state index >= 15 is 0 Å². The van der Waals surface area contributed by atoms with E-state index in [0.717, 1.165) is 12.8 Å². The third-order valence-electron chi connectivity index (χ3n) is 2.70. The van der Waals surface area contributed by atoms with Crippen molar-refractivity contribution >= 4 is 5.97 Å². The summed E-state index contributed by atoms with van der Waals surface area (Å²) < 4.78 is 4.74. The molecule has 1 atom stereocenters. The molecule has 0 N–H and O–H groups in total. The molecule has 0 aliphatic carbocycles. The first-order chi connectivity index (χ1) is 5.94. The van der Waals surface area contributed by atoms with Crippen LogP contribution in [-0.2, 0) is 9.53 Å². The minimum atomic E-state index is -0.321. The fourth-order valence-corrected chi connectivity index (χ4v) is 1.19. The van der Waals surface area contributed by atoms with Gasteiger partial charge in [-0.3, -0.25) is 4.79 Å². The van der Waals surface area contributed by atoms with E-state index < -0.39 is 0 Å². The molecule has 78 valence electrons. The average molecular weight is 186 g/mol. The number of methoxy groups -OCH3 is 1. The Kier molecular flexibility index (Phi) is 5.04. The molecule has 0 saturated carbocycles. The molecule has 0 aromatic heterocycles. The Morgan fingerprint density at radius 1 is 1.46 bits per heavy atom. The van der Waals surface area contributed by atoms with Gasteiger partial charge in [-0.15, -0.1) is 0 Å². The molecule has 0 aliphatic rings. The lowest BCUT2D eigenvalue weighted by Crippen LogP contribution is -2.26. The van der Waals surface area contributed by atoms with Gasteiger partial charge in [0.15, 0.2) is 0 Å². The molecule has 0 saturated heterocycles. The lowest BCUT2D eigenvalue weighted by molar-refractivity contribution is -0.151. The zero-order chi connectivity index (χ0) is 10.5. The summed E-state index contributed by atoms with van der Waals surface area (Å²) in [7, 11) is 1.45. The Hall–Kier alpha value is -0.530. The molecule has 0 amide bonds. The van der Waals surface area contributed by atoms with Crippen LogP contribution in [0.1, 0.15) is 47.0 Å². The maximum Gasteiger partial charge on any atom is 0.311 e. The van der Waals surface area contributed by atoms with Crippen molar-refractivity contribution in [2.24, 2.45) is 11.3 Å². The highest BCUT2D eigenvalue weighted by atomic mass is 16.5. The molecule has 13 heavy (non-hydrogen) atoms. The van der Waals surface area contributed by atoms with Crippen LogP contribution in [-0.4, -0.2) is 13.1 Å². The van der Waals surface area contributed by atoms with Gasteiger partial charge in [0.25, 0.3) is 0 Å². The van der Waals surface area contributed by atoms with E-state index in [1.807, 2.05) is 13.8 Å². The molecule has 0 heterocycles. The molecule has 0 fully saturated rings. The molecule has 0 bridgehead atoms. The first kappa shape index (κ1) is 12.5. The normalized spacial score (nSPS) is 13.9. The van der Waals surface area contributed by atoms with E-state index in [4.69, 9.17) is 4.74 Å². The number of hydrogen-bond donors (Lipinski definition) is 0. The summed E-state index contributed by atoms with van der Waals surface area (Å²) in [5.41, 5.74) is -0.321. The van der Waals surface area contributed by atoms with Crippen LogP contribution in [0.15, 0.2) is 0 Å². The van der Waals surface area contributed by atoms with Crippen LogP contribution in [0.25, 0.3) is 0 Å². The van der Waals surface area contributed by atoms with E-state index in [2.05, 4.69) is 13.8 Å². The Morgan fingerprint density at radius 2 is 2.00 bits per heavy atom. The van der Waals surface area contributed by atoms with Crippen molar-refractivity contribution in [1.82, 2.24) is 0 Å². The van der Waals surface area contributed by atoms with Crippen molar-refractivity contribution in [1.29, 1.82) is 0 Å². The van der Waals surface area contributed by atoms with Crippen molar-refractivity contribution in [3.8, 4) is 0 Å². The second-order valence-electron chi connectivity index (χ2n) is 4.43. The lowest BCUT2D eigenvalue weighted by atomic mass is 9.84. The largest absolute Gasteiger partial charge is 0.469 e. The summed E-state index contributed by atoms with van der Waals surface area (Å²) >= 11 is 0. The van der Waals surface area contributed by atoms with Crippen LogP contribution in [0.4, 0.5) is 0 Å². The second-order valence-corrected chi connectivity index (χ2v) is 4.43. The van der Waals surface area contributed by atoms with E-state index in [-0.39, 0.29) is 11.4 Å². The number of rotatable bonds is 5. The Labute approximate surface area is 81.7 Å². The van der Waals surface area contributed by atoms with E-state index in [1.54, 1.807) is 0 Å². The van der Waals surface area contributed by atoms with Crippen LogP contribution in [0.5, 0.6) is 0 Å². The molecule has 1 unspecified atom stereocenters. The summed E-state index contributed by atoms with van der Waals surface area (Å²) in [5.74, 6) is 0.597. The van der Waals surface area contributed by atoms with Crippen LogP contribution < -0.4 is 0 Å². The SMILES string of the molecule is CCC(C)CCC(C)(C)C(=O)OC. The average Bonchev–Trinajstić information content (AvgIpc) is 2.12. The summed E-state index contributed by atoms with van der Waals surface area (Å²) in [6.07, 6.45) is 3.19. The minimum Gasteiger partial charge on any atom is -0.469 e. The zero-order valence-corrected chi connectivity index (χ0v) is 9.52. The number of carbonyl (C=O) groups is 1. The van der Waals surface area contributed by atoms with Crippen molar-refractivity contribution in [2.45, 2.75) is 47.0 Å². The Morgan fingerprint density at radius 3 is 2.38 bits per heavy atom. The van der Waals surface area contributed by atoms with Gasteiger partial charge in [-0.25, -0.2) is 0 Å². The summed E-state index contributed by atoms with van der Waals surface area (Å²) in [4.78, 5) is 11.3. The third-order valence-corrected chi connectivity index (χ3v) is 2.70. The Balaban J connectivity index is 3.95. The van der Waals surface area contributed by atoms with Gasteiger partial charge in [-0.1, -0.05) is 20.3 Å². The molecule has 0 radical (unpaired) electrons. The van der Waals surface area contributed by atoms with Gasteiger partial charge in [-0.2, -0.15) is 0 Å². The molecular weight excluding hydrogens is 164 g/mol. The van der Waals surface area contributed by atoms with Crippen molar-refractivity contribution in [3.63, 3.8) is 0 Å². The van der Waals surface area contributed by atoms with Crippen molar-refractivity contribution < 1.29 is 9.53 Å². The summed E-state index contributed by atoms with van der Waals surface area (Å²) in [6.45, 7) is 8.28. The molecule has 2 nitrogen and oxygen atoms in total. The number of ether oxygens (including phenoxy) is 1. The topological polar surface area (TPSA) is 26.3 Å². The smallest absolute Gasteiger partial charge is 0.311 e. The van der Waals surface area contributed by atoms with Crippen LogP contribution in [0.3, 0.4) is 0 Å². The van der Waals surface area contributed by atoms with Gasteiger partial charge in [-0.05, 0) is 32.6 Å². The predicted octanol–water partition coefficient (Wildman–Crippen LogP) is 3.01. The first-order valence-corrected chi connectivity index (χ1v) is 5.02. The highest BCUT2D eigenvalue weighted by Gasteiger charge is 2.28. The van der Waals surface area contributed by atoms with Crippen LogP contribution in [0, 0.1) is 11.3 Å². The molecule has 0 rings (SSSR count). The molecular formula is C11H22O2. The van der Waals surface area contributed by atoms with E-state index in [1.165, 1.54) is 13.5 Å². The van der Waals surface area contributed by atoms with E-state index in [0.29, 0.717) is 5.92 Å². The predicted molar refractivity (Wildman–Crippen MR) is 54.5 cm³/mol. The van der Waals surface area contributed by atoms with Crippen molar-refractivity contribution in [2.75, 3.05) is 7.11 Å². The third kappa shape index (κ3) is 4.30. The molecule has 0 aromatic rings. The number of hydrogen-bond acceptors (Lipinski definition) is 2. The lowest BCUT2D eigenvalue weighted by Gasteiger charge is -2.22. The highest BCUT2D eigenvalue weighted by molar-refractivity contribution is 5.75. The fourth-order valence-electron chi connectivity index (χ4n) is 1.19. The highest BCUT2D eigenvalue weighted by Crippen LogP contribution is 2.26. The monoisotopic (exact) mass is 186 g/mol. The van der Waals surface area contributed by atoms with Gasteiger partial charge >= 0.3 is 5.97 Å². The molecule has 2 heteroatoms. The zero-order valence-electron chi connectivity index (χ0n) is 9.52. The van der Waals surface area contributed by atoms with Crippen LogP contribution in [0.2, 0.25) is 0 Å². The molecule has 0 aliphatic heterocycles. The van der Waals surface area contributed by atoms with Gasteiger partial charge in [0, 0.05) is 0 Å². The van der Waals surface area contributed by atoms with Gasteiger partial charge in [0.2, 0.25) is 0 Å². The molecule has 0 spiro atoms. The quantitative estimate of drug-likeness (QED) is 0.617. The summed E-state index contributed by atoms with van der Waals surface area (Å²) in [6, 6.07) is 0. The van der Waals surface area contributed by atoms with Gasteiger partial charge < -0.3 is 4.74 Å². The number of esters is 1. The fraction of sp³-hybridized carbons (Fsp3) is 0.909. The number of carbonyl (C=O) groups excluding carboxylic acids is 1. The van der Waals surface area contributed by atoms with Gasteiger partial charge in [0.1, 0.15) is 0 Å².